The van der Waals surface area contributed by atoms with Gasteiger partial charge in [-0.2, -0.15) is 18.3 Å². The Hall–Kier alpha value is -3.14. The molecule has 2 aromatic carbocycles. The maximum Gasteiger partial charge on any atom is 0.416 e. The number of hydrogen-bond donors (Lipinski definition) is 1. The topological polar surface area (TPSA) is 62.9 Å². The van der Waals surface area contributed by atoms with Gasteiger partial charge in [-0.1, -0.05) is 35.9 Å². The third-order valence-electron chi connectivity index (χ3n) is 6.59. The highest BCUT2D eigenvalue weighted by Crippen LogP contribution is 2.37. The third kappa shape index (κ3) is 5.03. The van der Waals surface area contributed by atoms with Crippen LogP contribution in [0.15, 0.2) is 54.6 Å². The van der Waals surface area contributed by atoms with Crippen LogP contribution in [0.4, 0.5) is 19.0 Å². The predicted molar refractivity (Wildman–Crippen MR) is 137 cm³/mol. The third-order valence-corrected chi connectivity index (χ3v) is 6.84. The lowest BCUT2D eigenvalue weighted by Gasteiger charge is -2.25. The zero-order valence-electron chi connectivity index (χ0n) is 20.2. The van der Waals surface area contributed by atoms with Gasteiger partial charge in [-0.15, -0.1) is 0 Å². The summed E-state index contributed by atoms with van der Waals surface area (Å²) < 4.78 is 48.0. The Morgan fingerprint density at radius 1 is 1.11 bits per heavy atom. The maximum absolute atomic E-state index is 13.6. The number of aliphatic hydroxyl groups is 1. The van der Waals surface area contributed by atoms with Crippen LogP contribution in [0.2, 0.25) is 5.02 Å². The van der Waals surface area contributed by atoms with Gasteiger partial charge >= 0.3 is 6.18 Å². The van der Waals surface area contributed by atoms with E-state index in [9.17, 15) is 18.3 Å². The average molecular weight is 531 g/mol. The molecule has 1 N–H and O–H groups in total. The summed E-state index contributed by atoms with van der Waals surface area (Å²) in [7, 11) is 0. The molecule has 1 saturated heterocycles. The summed E-state index contributed by atoms with van der Waals surface area (Å²) >= 11 is 6.13. The molecule has 0 amide bonds. The standard InChI is InChI=1S/C27H26ClF3N4O2/c1-2-37-16-22-25(17-8-10-20(28)11-9-17)26-32-24(34-12-4-7-21(34)15-36)14-23(35(26)33-22)18-5-3-6-19(13-18)27(29,30)31/h3,5-6,8-11,13-14,21,36H,2,4,7,12,15-16H2,1H3. The molecule has 1 aliphatic rings. The largest absolute Gasteiger partial charge is 0.416 e. The van der Waals surface area contributed by atoms with Gasteiger partial charge in [0.25, 0.3) is 0 Å². The van der Waals surface area contributed by atoms with E-state index in [0.29, 0.717) is 46.6 Å². The lowest BCUT2D eigenvalue weighted by atomic mass is 10.1. The minimum Gasteiger partial charge on any atom is -0.394 e. The first-order chi connectivity index (χ1) is 17.8. The lowest BCUT2D eigenvalue weighted by Crippen LogP contribution is -2.32. The maximum atomic E-state index is 13.6. The van der Waals surface area contributed by atoms with E-state index in [1.807, 2.05) is 24.0 Å². The minimum absolute atomic E-state index is 0.0371. The smallest absolute Gasteiger partial charge is 0.394 e. The van der Waals surface area contributed by atoms with Crippen molar-refractivity contribution in [2.75, 3.05) is 24.7 Å². The molecule has 4 aromatic rings. The van der Waals surface area contributed by atoms with Crippen LogP contribution >= 0.6 is 11.6 Å². The molecular formula is C27H26ClF3N4O2. The fourth-order valence-corrected chi connectivity index (χ4v) is 4.92. The number of benzene rings is 2. The summed E-state index contributed by atoms with van der Waals surface area (Å²) in [6.45, 7) is 3.21. The summed E-state index contributed by atoms with van der Waals surface area (Å²) in [5.74, 6) is 0.578. The van der Waals surface area contributed by atoms with Crippen molar-refractivity contribution in [3.05, 3.63) is 70.9 Å². The first-order valence-corrected chi connectivity index (χ1v) is 12.5. The molecule has 194 valence electrons. The van der Waals surface area contributed by atoms with E-state index in [4.69, 9.17) is 26.4 Å². The summed E-state index contributed by atoms with van der Waals surface area (Å²) in [5, 5.41) is 15.3. The van der Waals surface area contributed by atoms with Crippen LogP contribution in [0.5, 0.6) is 0 Å². The number of halogens is 4. The van der Waals surface area contributed by atoms with Crippen molar-refractivity contribution < 1.29 is 23.0 Å². The molecule has 0 spiro atoms. The molecule has 0 radical (unpaired) electrons. The Kier molecular flexibility index (Phi) is 7.11. The Morgan fingerprint density at radius 3 is 2.59 bits per heavy atom. The van der Waals surface area contributed by atoms with Crippen molar-refractivity contribution in [2.24, 2.45) is 0 Å². The van der Waals surface area contributed by atoms with Crippen LogP contribution in [0.25, 0.3) is 28.0 Å². The zero-order valence-corrected chi connectivity index (χ0v) is 20.9. The number of ether oxygens (including phenoxy) is 1. The first kappa shape index (κ1) is 25.5. The second kappa shape index (κ2) is 10.3. The van der Waals surface area contributed by atoms with Gasteiger partial charge in [-0.25, -0.2) is 9.50 Å². The Labute approximate surface area is 217 Å². The molecule has 5 rings (SSSR count). The number of nitrogens with zero attached hydrogens (tertiary/aromatic N) is 4. The molecule has 6 nitrogen and oxygen atoms in total. The number of aliphatic hydroxyl groups excluding tert-OH is 1. The van der Waals surface area contributed by atoms with Gasteiger partial charge in [0.2, 0.25) is 0 Å². The van der Waals surface area contributed by atoms with Crippen molar-refractivity contribution in [1.29, 1.82) is 0 Å². The summed E-state index contributed by atoms with van der Waals surface area (Å²) in [6, 6.07) is 14.1. The number of hydrogen-bond acceptors (Lipinski definition) is 5. The number of rotatable bonds is 7. The molecule has 2 aromatic heterocycles. The molecule has 3 heterocycles. The minimum atomic E-state index is -4.49. The fraction of sp³-hybridized carbons (Fsp3) is 0.333. The quantitative estimate of drug-likeness (QED) is 0.307. The van der Waals surface area contributed by atoms with Gasteiger partial charge in [-0.3, -0.25) is 0 Å². The highest BCUT2D eigenvalue weighted by molar-refractivity contribution is 6.30. The van der Waals surface area contributed by atoms with Gasteiger partial charge in [-0.05, 0) is 49.6 Å². The summed E-state index contributed by atoms with van der Waals surface area (Å²) in [4.78, 5) is 6.96. The lowest BCUT2D eigenvalue weighted by molar-refractivity contribution is -0.137. The van der Waals surface area contributed by atoms with E-state index in [2.05, 4.69) is 0 Å². The Balaban J connectivity index is 1.80. The van der Waals surface area contributed by atoms with Crippen molar-refractivity contribution in [1.82, 2.24) is 14.6 Å². The van der Waals surface area contributed by atoms with E-state index >= 15 is 0 Å². The summed E-state index contributed by atoms with van der Waals surface area (Å²) in [5.41, 5.74) is 2.72. The molecule has 0 saturated carbocycles. The number of aromatic nitrogens is 3. The van der Waals surface area contributed by atoms with E-state index in [1.54, 1.807) is 28.8 Å². The number of alkyl halides is 3. The van der Waals surface area contributed by atoms with Crippen molar-refractivity contribution >= 4 is 23.1 Å². The first-order valence-electron chi connectivity index (χ1n) is 12.1. The molecule has 0 bridgehead atoms. The van der Waals surface area contributed by atoms with Gasteiger partial charge in [0, 0.05) is 29.8 Å². The Morgan fingerprint density at radius 2 is 1.89 bits per heavy atom. The summed E-state index contributed by atoms with van der Waals surface area (Å²) in [6.07, 6.45) is -2.79. The van der Waals surface area contributed by atoms with Crippen molar-refractivity contribution in [3.8, 4) is 22.4 Å². The fourth-order valence-electron chi connectivity index (χ4n) is 4.80. The Bertz CT molecular complexity index is 1410. The predicted octanol–water partition coefficient (Wildman–Crippen LogP) is 6.23. The van der Waals surface area contributed by atoms with Gasteiger partial charge in [0.05, 0.1) is 41.8 Å². The van der Waals surface area contributed by atoms with Crippen molar-refractivity contribution in [2.45, 2.75) is 38.6 Å². The second-order valence-electron chi connectivity index (χ2n) is 8.95. The van der Waals surface area contributed by atoms with Crippen LogP contribution in [0.1, 0.15) is 31.0 Å². The van der Waals surface area contributed by atoms with Gasteiger partial charge in [0.15, 0.2) is 5.65 Å². The van der Waals surface area contributed by atoms with E-state index in [1.165, 1.54) is 6.07 Å². The van der Waals surface area contributed by atoms with E-state index in [0.717, 1.165) is 36.1 Å². The highest BCUT2D eigenvalue weighted by atomic mass is 35.5. The van der Waals surface area contributed by atoms with Crippen LogP contribution in [-0.4, -0.2) is 45.5 Å². The van der Waals surface area contributed by atoms with Gasteiger partial charge in [0.1, 0.15) is 5.82 Å². The molecule has 1 aliphatic heterocycles. The molecular weight excluding hydrogens is 505 g/mol. The molecule has 10 heteroatoms. The molecule has 1 atom stereocenters. The average Bonchev–Trinajstić information content (AvgIpc) is 3.51. The molecule has 37 heavy (non-hydrogen) atoms. The van der Waals surface area contributed by atoms with Crippen molar-refractivity contribution in [3.63, 3.8) is 0 Å². The zero-order chi connectivity index (χ0) is 26.2. The highest BCUT2D eigenvalue weighted by Gasteiger charge is 2.32. The normalized spacial score (nSPS) is 16.2. The molecule has 0 aliphatic carbocycles. The second-order valence-corrected chi connectivity index (χ2v) is 9.39. The van der Waals surface area contributed by atoms with Crippen LogP contribution in [-0.2, 0) is 17.5 Å². The molecule has 1 fully saturated rings. The van der Waals surface area contributed by atoms with Crippen LogP contribution in [0, 0.1) is 0 Å². The monoisotopic (exact) mass is 530 g/mol. The SMILES string of the molecule is CCOCc1nn2c(-c3cccc(C(F)(F)F)c3)cc(N3CCCC3CO)nc2c1-c1ccc(Cl)cc1. The van der Waals surface area contributed by atoms with Gasteiger partial charge < -0.3 is 14.7 Å². The van der Waals surface area contributed by atoms with E-state index in [-0.39, 0.29) is 19.3 Å². The number of fused-ring (bicyclic) bond motifs is 1. The van der Waals surface area contributed by atoms with Crippen LogP contribution < -0.4 is 4.90 Å². The number of anilines is 1. The van der Waals surface area contributed by atoms with E-state index < -0.39 is 11.7 Å². The van der Waals surface area contributed by atoms with Crippen LogP contribution in [0.3, 0.4) is 0 Å². The molecule has 1 unspecified atom stereocenters.